The van der Waals surface area contributed by atoms with Crippen LogP contribution in [0.2, 0.25) is 5.02 Å². The Balaban J connectivity index is 2.32. The molecule has 3 nitrogen and oxygen atoms in total. The summed E-state index contributed by atoms with van der Waals surface area (Å²) in [5.74, 6) is -10.7. The van der Waals surface area contributed by atoms with Crippen LogP contribution in [-0.4, -0.2) is 30.2 Å². The van der Waals surface area contributed by atoms with Crippen LogP contribution in [-0.2, 0) is 0 Å². The van der Waals surface area contributed by atoms with Gasteiger partial charge in [0.1, 0.15) is 5.84 Å². The molecule has 1 aliphatic heterocycles. The van der Waals surface area contributed by atoms with Crippen molar-refractivity contribution in [1.82, 2.24) is 4.90 Å². The van der Waals surface area contributed by atoms with Crippen LogP contribution in [0.4, 0.5) is 27.6 Å². The molecule has 0 amide bonds. The van der Waals surface area contributed by atoms with Crippen LogP contribution in [0.15, 0.2) is 22.1 Å². The average molecular weight is 416 g/mol. The van der Waals surface area contributed by atoms with Gasteiger partial charge in [0.15, 0.2) is 23.3 Å². The van der Waals surface area contributed by atoms with Gasteiger partial charge in [0.25, 0.3) is 0 Å². The number of nitrogens with zero attached hydrogens (tertiary/aromatic N) is 3. The molecule has 2 aromatic carbocycles. The Morgan fingerprint density at radius 2 is 1.61 bits per heavy atom. The third kappa shape index (κ3) is 3.61. The van der Waals surface area contributed by atoms with Crippen LogP contribution in [0.1, 0.15) is 23.1 Å². The van der Waals surface area contributed by atoms with Crippen LogP contribution in [0.5, 0.6) is 0 Å². The Kier molecular flexibility index (Phi) is 5.69. The van der Waals surface area contributed by atoms with E-state index in [9.17, 15) is 22.0 Å². The van der Waals surface area contributed by atoms with E-state index < -0.39 is 40.5 Å². The Hall–Kier alpha value is -2.48. The average Bonchev–Trinajstić information content (AvgIpc) is 2.66. The molecule has 9 heteroatoms. The minimum Gasteiger partial charge on any atom is -0.317 e. The minimum atomic E-state index is -2.23. The minimum absolute atomic E-state index is 0.171. The van der Waals surface area contributed by atoms with Crippen LogP contribution >= 0.6 is 11.6 Å². The summed E-state index contributed by atoms with van der Waals surface area (Å²) in [5, 5.41) is 0.188. The van der Waals surface area contributed by atoms with Gasteiger partial charge in [-0.3, -0.25) is 4.99 Å². The molecule has 0 saturated carbocycles. The van der Waals surface area contributed by atoms with Crippen molar-refractivity contribution in [2.45, 2.75) is 20.3 Å². The number of halogens is 6. The molecule has 0 fully saturated rings. The number of aliphatic imine (C=N–C) groups is 2. The summed E-state index contributed by atoms with van der Waals surface area (Å²) in [4.78, 5) is 9.47. The Morgan fingerprint density at radius 3 is 2.14 bits per heavy atom. The van der Waals surface area contributed by atoms with Gasteiger partial charge in [0, 0.05) is 13.1 Å². The third-order valence-electron chi connectivity index (χ3n) is 4.23. The Labute approximate surface area is 163 Å². The molecular weight excluding hydrogens is 401 g/mol. The van der Waals surface area contributed by atoms with E-state index in [1.165, 1.54) is 11.2 Å². The molecule has 148 valence electrons. The first-order chi connectivity index (χ1) is 13.2. The van der Waals surface area contributed by atoms with Crippen molar-refractivity contribution < 1.29 is 22.0 Å². The van der Waals surface area contributed by atoms with Crippen LogP contribution < -0.4 is 0 Å². The number of hydrogen-bond donors (Lipinski definition) is 0. The lowest BCUT2D eigenvalue weighted by Gasteiger charge is -2.25. The van der Waals surface area contributed by atoms with Gasteiger partial charge >= 0.3 is 0 Å². The van der Waals surface area contributed by atoms with Gasteiger partial charge in [0.05, 0.1) is 22.6 Å². The second kappa shape index (κ2) is 7.87. The maximum atomic E-state index is 14.5. The zero-order chi connectivity index (χ0) is 20.6. The predicted molar refractivity (Wildman–Crippen MR) is 98.0 cm³/mol. The van der Waals surface area contributed by atoms with Gasteiger partial charge in [-0.25, -0.2) is 26.9 Å². The topological polar surface area (TPSA) is 28.0 Å². The smallest absolute Gasteiger partial charge is 0.200 e. The van der Waals surface area contributed by atoms with Crippen molar-refractivity contribution in [1.29, 1.82) is 0 Å². The van der Waals surface area contributed by atoms with Crippen LogP contribution in [0.3, 0.4) is 0 Å². The SMILES string of the molecule is Cc1cc(C)c(N=C(c2c(F)c(F)c(F)c(F)c2F)N2C=NCCC2)c(Cl)c1. The quantitative estimate of drug-likeness (QED) is 0.210. The lowest BCUT2D eigenvalue weighted by molar-refractivity contribution is 0.375. The summed E-state index contributed by atoms with van der Waals surface area (Å²) in [6.45, 7) is 4.20. The summed E-state index contributed by atoms with van der Waals surface area (Å²) in [6.07, 6.45) is 1.78. The van der Waals surface area contributed by atoms with Crippen LogP contribution in [0, 0.1) is 42.9 Å². The van der Waals surface area contributed by atoms with Crippen molar-refractivity contribution in [3.8, 4) is 0 Å². The summed E-state index contributed by atoms with van der Waals surface area (Å²) in [5.41, 5.74) is 0.463. The molecule has 3 rings (SSSR count). The molecule has 0 atom stereocenters. The Morgan fingerprint density at radius 1 is 1.00 bits per heavy atom. The number of benzene rings is 2. The number of hydrogen-bond acceptors (Lipinski definition) is 2. The highest BCUT2D eigenvalue weighted by Crippen LogP contribution is 2.33. The van der Waals surface area contributed by atoms with Crippen molar-refractivity contribution >= 4 is 29.5 Å². The zero-order valence-electron chi connectivity index (χ0n) is 15.0. The fourth-order valence-electron chi connectivity index (χ4n) is 2.93. The molecular formula is C19H15ClF5N3. The second-order valence-corrected chi connectivity index (χ2v) is 6.77. The van der Waals surface area contributed by atoms with Gasteiger partial charge in [-0.1, -0.05) is 17.7 Å². The lowest BCUT2D eigenvalue weighted by atomic mass is 10.1. The van der Waals surface area contributed by atoms with Crippen LogP contribution in [0.25, 0.3) is 0 Å². The van der Waals surface area contributed by atoms with Gasteiger partial charge in [0.2, 0.25) is 5.82 Å². The predicted octanol–water partition coefficient (Wildman–Crippen LogP) is 5.46. The second-order valence-electron chi connectivity index (χ2n) is 6.36. The fourth-order valence-corrected chi connectivity index (χ4v) is 3.29. The standard InChI is InChI=1S/C19H15ClF5N3/c1-9-6-10(2)18(11(20)7-9)27-19(28-5-3-4-26-8-28)12-13(21)15(23)17(25)16(24)14(12)22/h6-8H,3-5H2,1-2H3. The molecule has 0 spiro atoms. The third-order valence-corrected chi connectivity index (χ3v) is 4.52. The maximum absolute atomic E-state index is 14.5. The maximum Gasteiger partial charge on any atom is 0.200 e. The molecule has 0 aliphatic carbocycles. The van der Waals surface area contributed by atoms with Gasteiger partial charge in [-0.15, -0.1) is 0 Å². The molecule has 0 radical (unpaired) electrons. The van der Waals surface area contributed by atoms with E-state index in [2.05, 4.69) is 9.98 Å². The molecule has 1 heterocycles. The number of rotatable bonds is 2. The summed E-state index contributed by atoms with van der Waals surface area (Å²) in [7, 11) is 0. The Bertz CT molecular complexity index is 952. The van der Waals surface area contributed by atoms with E-state index in [-0.39, 0.29) is 17.3 Å². The van der Waals surface area contributed by atoms with Crippen molar-refractivity contribution in [3.63, 3.8) is 0 Å². The first-order valence-electron chi connectivity index (χ1n) is 8.36. The highest BCUT2D eigenvalue weighted by Gasteiger charge is 2.31. The monoisotopic (exact) mass is 415 g/mol. The van der Waals surface area contributed by atoms with E-state index in [1.54, 1.807) is 26.0 Å². The molecule has 28 heavy (non-hydrogen) atoms. The van der Waals surface area contributed by atoms with E-state index in [0.29, 0.717) is 18.5 Å². The fraction of sp³-hybridized carbons (Fsp3) is 0.263. The molecule has 2 aromatic rings. The number of aryl methyl sites for hydroxylation is 2. The van der Waals surface area contributed by atoms with E-state index in [0.717, 1.165) is 5.56 Å². The van der Waals surface area contributed by atoms with E-state index in [4.69, 9.17) is 11.6 Å². The largest absolute Gasteiger partial charge is 0.317 e. The summed E-state index contributed by atoms with van der Waals surface area (Å²) >= 11 is 6.22. The lowest BCUT2D eigenvalue weighted by Crippen LogP contribution is -2.36. The highest BCUT2D eigenvalue weighted by molar-refractivity contribution is 6.33. The molecule has 0 aromatic heterocycles. The number of amidine groups is 1. The van der Waals surface area contributed by atoms with Gasteiger partial charge in [-0.2, -0.15) is 0 Å². The summed E-state index contributed by atoms with van der Waals surface area (Å²) < 4.78 is 70.0. The molecule has 0 bridgehead atoms. The van der Waals surface area contributed by atoms with Crippen molar-refractivity contribution in [2.24, 2.45) is 9.98 Å². The molecule has 0 saturated heterocycles. The van der Waals surface area contributed by atoms with Crippen molar-refractivity contribution in [2.75, 3.05) is 13.1 Å². The molecule has 0 N–H and O–H groups in total. The molecule has 1 aliphatic rings. The van der Waals surface area contributed by atoms with Gasteiger partial charge in [-0.05, 0) is 37.5 Å². The van der Waals surface area contributed by atoms with E-state index >= 15 is 0 Å². The molecule has 0 unspecified atom stereocenters. The van der Waals surface area contributed by atoms with Gasteiger partial charge < -0.3 is 4.90 Å². The highest BCUT2D eigenvalue weighted by atomic mass is 35.5. The zero-order valence-corrected chi connectivity index (χ0v) is 15.7. The normalized spacial score (nSPS) is 14.7. The first kappa shape index (κ1) is 20.3. The summed E-state index contributed by atoms with van der Waals surface area (Å²) in [6, 6.07) is 3.33. The first-order valence-corrected chi connectivity index (χ1v) is 8.74. The van der Waals surface area contributed by atoms with Crippen molar-refractivity contribution in [3.05, 3.63) is 62.9 Å². The van der Waals surface area contributed by atoms with E-state index in [1.807, 2.05) is 0 Å².